The molecular weight excluding hydrogens is 332 g/mol. The van der Waals surface area contributed by atoms with Crippen LogP contribution < -0.4 is 9.47 Å². The van der Waals surface area contributed by atoms with Crippen molar-refractivity contribution in [3.63, 3.8) is 0 Å². The van der Waals surface area contributed by atoms with E-state index in [-0.39, 0.29) is 5.97 Å². The molecule has 0 unspecified atom stereocenters. The quantitative estimate of drug-likeness (QED) is 0.525. The minimum atomic E-state index is -0.194. The van der Waals surface area contributed by atoms with Gasteiger partial charge >= 0.3 is 5.97 Å². The molecule has 1 aliphatic rings. The number of halogens is 1. The zero-order valence-electron chi connectivity index (χ0n) is 12.6. The van der Waals surface area contributed by atoms with Gasteiger partial charge in [0.2, 0.25) is 0 Å². The van der Waals surface area contributed by atoms with Crippen molar-refractivity contribution in [3.05, 3.63) is 22.7 Å². The smallest absolute Gasteiger partial charge is 0.311 e. The van der Waals surface area contributed by atoms with E-state index in [2.05, 4.69) is 15.9 Å². The monoisotopic (exact) mass is 354 g/mol. The zero-order chi connectivity index (χ0) is 15.1. The van der Waals surface area contributed by atoms with Crippen LogP contribution in [0.25, 0.3) is 0 Å². The molecule has 1 aliphatic carbocycles. The van der Waals surface area contributed by atoms with Crippen LogP contribution in [0.3, 0.4) is 0 Å². The number of carbonyl (C=O) groups excluding carboxylic acids is 1. The van der Waals surface area contributed by atoms with E-state index in [1.165, 1.54) is 32.1 Å². The standard InChI is InChI=1S/C17H23BrO3/c1-2-6-17(19)21-14-9-10-16(15(18)11-14)20-12-13-7-4-3-5-8-13/h9-11,13H,2-8,12H2,1H3. The van der Waals surface area contributed by atoms with Crippen LogP contribution in [-0.2, 0) is 4.79 Å². The Balaban J connectivity index is 1.87. The van der Waals surface area contributed by atoms with Crippen LogP contribution in [0.2, 0.25) is 0 Å². The molecule has 116 valence electrons. The molecule has 0 aromatic heterocycles. The second-order valence-corrected chi connectivity index (χ2v) is 6.49. The van der Waals surface area contributed by atoms with Crippen molar-refractivity contribution >= 4 is 21.9 Å². The Morgan fingerprint density at radius 3 is 2.71 bits per heavy atom. The van der Waals surface area contributed by atoms with E-state index in [9.17, 15) is 4.79 Å². The van der Waals surface area contributed by atoms with Gasteiger partial charge in [0.1, 0.15) is 11.5 Å². The van der Waals surface area contributed by atoms with Crippen LogP contribution in [0.4, 0.5) is 0 Å². The van der Waals surface area contributed by atoms with E-state index in [0.29, 0.717) is 18.1 Å². The fourth-order valence-electron chi connectivity index (χ4n) is 2.61. The van der Waals surface area contributed by atoms with Gasteiger partial charge in [0.15, 0.2) is 0 Å². The summed E-state index contributed by atoms with van der Waals surface area (Å²) in [7, 11) is 0. The maximum absolute atomic E-state index is 11.5. The van der Waals surface area contributed by atoms with Crippen LogP contribution in [0.5, 0.6) is 11.5 Å². The van der Waals surface area contributed by atoms with Gasteiger partial charge in [0.25, 0.3) is 0 Å². The molecule has 4 heteroatoms. The van der Waals surface area contributed by atoms with Crippen molar-refractivity contribution < 1.29 is 14.3 Å². The van der Waals surface area contributed by atoms with E-state index in [1.54, 1.807) is 12.1 Å². The first kappa shape index (κ1) is 16.3. The first-order chi connectivity index (χ1) is 10.2. The predicted octanol–water partition coefficient (Wildman–Crippen LogP) is 5.11. The van der Waals surface area contributed by atoms with Crippen LogP contribution in [-0.4, -0.2) is 12.6 Å². The number of hydrogen-bond acceptors (Lipinski definition) is 3. The highest BCUT2D eigenvalue weighted by Gasteiger charge is 2.15. The lowest BCUT2D eigenvalue weighted by Crippen LogP contribution is -2.15. The first-order valence-corrected chi connectivity index (χ1v) is 8.61. The fourth-order valence-corrected chi connectivity index (χ4v) is 3.08. The highest BCUT2D eigenvalue weighted by atomic mass is 79.9. The van der Waals surface area contributed by atoms with Crippen LogP contribution in [0.15, 0.2) is 22.7 Å². The zero-order valence-corrected chi connectivity index (χ0v) is 14.2. The van der Waals surface area contributed by atoms with Gasteiger partial charge in [-0.2, -0.15) is 0 Å². The highest BCUT2D eigenvalue weighted by molar-refractivity contribution is 9.10. The number of rotatable bonds is 6. The summed E-state index contributed by atoms with van der Waals surface area (Å²) in [6, 6.07) is 5.44. The molecule has 0 spiro atoms. The minimum Gasteiger partial charge on any atom is -0.492 e. The lowest BCUT2D eigenvalue weighted by atomic mass is 9.90. The van der Waals surface area contributed by atoms with Crippen molar-refractivity contribution in [1.82, 2.24) is 0 Å². The Labute approximate surface area is 135 Å². The third-order valence-corrected chi connectivity index (χ3v) is 4.41. The number of ether oxygens (including phenoxy) is 2. The van der Waals surface area contributed by atoms with Crippen molar-refractivity contribution in [1.29, 1.82) is 0 Å². The lowest BCUT2D eigenvalue weighted by Gasteiger charge is -2.22. The van der Waals surface area contributed by atoms with Gasteiger partial charge in [-0.05, 0) is 59.3 Å². The summed E-state index contributed by atoms with van der Waals surface area (Å²) >= 11 is 3.48. The van der Waals surface area contributed by atoms with Gasteiger partial charge in [0.05, 0.1) is 11.1 Å². The van der Waals surface area contributed by atoms with Gasteiger partial charge < -0.3 is 9.47 Å². The Kier molecular flexibility index (Phi) is 6.55. The highest BCUT2D eigenvalue weighted by Crippen LogP contribution is 2.31. The van der Waals surface area contributed by atoms with Gasteiger partial charge in [0, 0.05) is 6.42 Å². The summed E-state index contributed by atoms with van der Waals surface area (Å²) in [6.07, 6.45) is 7.77. The Morgan fingerprint density at radius 2 is 2.05 bits per heavy atom. The summed E-state index contributed by atoms with van der Waals surface area (Å²) in [5, 5.41) is 0. The van der Waals surface area contributed by atoms with Crippen molar-refractivity contribution in [2.75, 3.05) is 6.61 Å². The largest absolute Gasteiger partial charge is 0.492 e. The molecule has 1 fully saturated rings. The van der Waals surface area contributed by atoms with Gasteiger partial charge in [-0.25, -0.2) is 0 Å². The molecule has 0 atom stereocenters. The molecule has 0 saturated heterocycles. The number of hydrogen-bond donors (Lipinski definition) is 0. The van der Waals surface area contributed by atoms with Crippen LogP contribution in [0.1, 0.15) is 51.9 Å². The van der Waals surface area contributed by atoms with Crippen molar-refractivity contribution in [2.24, 2.45) is 5.92 Å². The molecule has 2 rings (SSSR count). The molecule has 0 bridgehead atoms. The molecule has 0 aliphatic heterocycles. The summed E-state index contributed by atoms with van der Waals surface area (Å²) in [6.45, 7) is 2.73. The van der Waals surface area contributed by atoms with E-state index in [0.717, 1.165) is 23.2 Å². The molecule has 0 radical (unpaired) electrons. The molecule has 21 heavy (non-hydrogen) atoms. The molecular formula is C17H23BrO3. The van der Waals surface area contributed by atoms with E-state index in [1.807, 2.05) is 13.0 Å². The molecule has 0 heterocycles. The Bertz CT molecular complexity index is 467. The molecule has 0 amide bonds. The van der Waals surface area contributed by atoms with Crippen LogP contribution >= 0.6 is 15.9 Å². The van der Waals surface area contributed by atoms with E-state index < -0.39 is 0 Å². The lowest BCUT2D eigenvalue weighted by molar-refractivity contribution is -0.134. The average Bonchev–Trinajstić information content (AvgIpc) is 2.48. The SMILES string of the molecule is CCCC(=O)Oc1ccc(OCC2CCCCC2)c(Br)c1. The summed E-state index contributed by atoms with van der Waals surface area (Å²) < 4.78 is 12.0. The number of benzene rings is 1. The van der Waals surface area contributed by atoms with Gasteiger partial charge in [-0.1, -0.05) is 26.2 Å². The van der Waals surface area contributed by atoms with Crippen molar-refractivity contribution in [2.45, 2.75) is 51.9 Å². The maximum Gasteiger partial charge on any atom is 0.311 e. The molecule has 0 N–H and O–H groups in total. The molecule has 1 aromatic rings. The van der Waals surface area contributed by atoms with Gasteiger partial charge in [-0.15, -0.1) is 0 Å². The van der Waals surface area contributed by atoms with E-state index >= 15 is 0 Å². The number of carbonyl (C=O) groups is 1. The second-order valence-electron chi connectivity index (χ2n) is 5.63. The Morgan fingerprint density at radius 1 is 1.29 bits per heavy atom. The average molecular weight is 355 g/mol. The fraction of sp³-hybridized carbons (Fsp3) is 0.588. The molecule has 3 nitrogen and oxygen atoms in total. The molecule has 1 aromatic carbocycles. The molecule has 1 saturated carbocycles. The predicted molar refractivity (Wildman–Crippen MR) is 86.8 cm³/mol. The summed E-state index contributed by atoms with van der Waals surface area (Å²) in [5.41, 5.74) is 0. The topological polar surface area (TPSA) is 35.5 Å². The second kappa shape index (κ2) is 8.42. The minimum absolute atomic E-state index is 0.194. The van der Waals surface area contributed by atoms with E-state index in [4.69, 9.17) is 9.47 Å². The summed E-state index contributed by atoms with van der Waals surface area (Å²) in [5.74, 6) is 1.86. The third-order valence-electron chi connectivity index (χ3n) is 3.79. The first-order valence-electron chi connectivity index (χ1n) is 7.82. The van der Waals surface area contributed by atoms with Gasteiger partial charge in [-0.3, -0.25) is 4.79 Å². The van der Waals surface area contributed by atoms with Crippen molar-refractivity contribution in [3.8, 4) is 11.5 Å². The normalized spacial score (nSPS) is 15.7. The summed E-state index contributed by atoms with van der Waals surface area (Å²) in [4.78, 5) is 11.5. The third kappa shape index (κ3) is 5.34. The number of esters is 1. The van der Waals surface area contributed by atoms with Crippen LogP contribution in [0, 0.1) is 5.92 Å². The maximum atomic E-state index is 11.5. The Hall–Kier alpha value is -1.03.